The van der Waals surface area contributed by atoms with E-state index in [1.807, 2.05) is 31.2 Å². The number of carboxylic acid groups (broad SMARTS) is 1. The number of aliphatic carboxylic acids is 1. The first-order valence-electron chi connectivity index (χ1n) is 10.4. The fourth-order valence-corrected chi connectivity index (χ4v) is 3.17. The zero-order valence-corrected chi connectivity index (χ0v) is 19.0. The van der Waals surface area contributed by atoms with Gasteiger partial charge in [-0.05, 0) is 35.7 Å². The van der Waals surface area contributed by atoms with Gasteiger partial charge in [-0.2, -0.15) is 4.98 Å². The number of nitrogens with zero attached hydrogens (tertiary/aromatic N) is 3. The van der Waals surface area contributed by atoms with Crippen molar-refractivity contribution in [1.29, 1.82) is 0 Å². The van der Waals surface area contributed by atoms with Gasteiger partial charge in [0.1, 0.15) is 17.6 Å². The van der Waals surface area contributed by atoms with Gasteiger partial charge in [0.15, 0.2) is 0 Å². The van der Waals surface area contributed by atoms with Crippen LogP contribution in [0.25, 0.3) is 11.1 Å². The lowest BCUT2D eigenvalue weighted by atomic mass is 10.0. The van der Waals surface area contributed by atoms with E-state index in [1.165, 1.54) is 4.90 Å². The second kappa shape index (κ2) is 10.4. The van der Waals surface area contributed by atoms with Gasteiger partial charge in [0.25, 0.3) is 0 Å². The van der Waals surface area contributed by atoms with Gasteiger partial charge < -0.3 is 25.4 Å². The molecular formula is C24H27N5O4. The van der Waals surface area contributed by atoms with E-state index in [-0.39, 0.29) is 6.42 Å². The van der Waals surface area contributed by atoms with E-state index in [2.05, 4.69) is 20.6 Å². The first kappa shape index (κ1) is 23.5. The average molecular weight is 450 g/mol. The number of amides is 1. The van der Waals surface area contributed by atoms with Crippen LogP contribution in [0, 0.1) is 6.92 Å². The molecule has 2 aromatic carbocycles. The molecule has 0 aliphatic carbocycles. The Bertz CT molecular complexity index is 1130. The summed E-state index contributed by atoms with van der Waals surface area (Å²) >= 11 is 0. The third kappa shape index (κ3) is 5.97. The third-order valence-electron chi connectivity index (χ3n) is 4.99. The van der Waals surface area contributed by atoms with E-state index >= 15 is 0 Å². The number of aromatic nitrogens is 2. The second-order valence-electron chi connectivity index (χ2n) is 7.67. The first-order chi connectivity index (χ1) is 15.8. The van der Waals surface area contributed by atoms with Crippen LogP contribution in [0.3, 0.4) is 0 Å². The molecule has 1 amide bonds. The van der Waals surface area contributed by atoms with Crippen LogP contribution < -0.4 is 15.4 Å². The maximum atomic E-state index is 12.1. The Morgan fingerprint density at radius 3 is 2.39 bits per heavy atom. The zero-order valence-electron chi connectivity index (χ0n) is 19.0. The number of carboxylic acids is 1. The Kier molecular flexibility index (Phi) is 7.45. The summed E-state index contributed by atoms with van der Waals surface area (Å²) in [6, 6.07) is 13.6. The highest BCUT2D eigenvalue weighted by atomic mass is 16.6. The standard InChI is InChI=1S/C24H27N5O4/c1-15-7-5-6-8-18(15)19-14-26-23(25-2)28-21(19)27-20(22(30)31)13-16-9-11-17(12-10-16)33-24(32)29(3)4/h5-12,14,20H,13H2,1-4H3,(H,30,31)(H2,25,26,27,28)/t20-/m0/s1. The van der Waals surface area contributed by atoms with Gasteiger partial charge >= 0.3 is 12.1 Å². The van der Waals surface area contributed by atoms with Crippen molar-refractivity contribution in [2.75, 3.05) is 31.8 Å². The van der Waals surface area contributed by atoms with E-state index in [1.54, 1.807) is 51.6 Å². The molecule has 3 rings (SSSR count). The van der Waals surface area contributed by atoms with Crippen LogP contribution >= 0.6 is 0 Å². The number of anilines is 2. The quantitative estimate of drug-likeness (QED) is 0.477. The fourth-order valence-electron chi connectivity index (χ4n) is 3.17. The molecule has 33 heavy (non-hydrogen) atoms. The van der Waals surface area contributed by atoms with Crippen molar-refractivity contribution in [3.63, 3.8) is 0 Å². The van der Waals surface area contributed by atoms with Crippen molar-refractivity contribution >= 4 is 23.8 Å². The molecular weight excluding hydrogens is 422 g/mol. The summed E-state index contributed by atoms with van der Waals surface area (Å²) in [5.74, 6) is 0.172. The van der Waals surface area contributed by atoms with Crippen LogP contribution in [0.4, 0.5) is 16.6 Å². The molecule has 9 heteroatoms. The summed E-state index contributed by atoms with van der Waals surface area (Å²) in [5.41, 5.74) is 3.42. The van der Waals surface area contributed by atoms with E-state index in [0.717, 1.165) is 16.7 Å². The van der Waals surface area contributed by atoms with Crippen molar-refractivity contribution in [2.45, 2.75) is 19.4 Å². The smallest absolute Gasteiger partial charge is 0.414 e. The maximum Gasteiger partial charge on any atom is 0.414 e. The lowest BCUT2D eigenvalue weighted by molar-refractivity contribution is -0.137. The number of nitrogens with one attached hydrogen (secondary N) is 2. The summed E-state index contributed by atoms with van der Waals surface area (Å²) in [7, 11) is 4.89. The highest BCUT2D eigenvalue weighted by Gasteiger charge is 2.22. The fraction of sp³-hybridized carbons (Fsp3) is 0.250. The number of hydrogen-bond donors (Lipinski definition) is 3. The van der Waals surface area contributed by atoms with Crippen LogP contribution in [0.2, 0.25) is 0 Å². The molecule has 0 aliphatic rings. The van der Waals surface area contributed by atoms with Gasteiger partial charge in [-0.25, -0.2) is 14.6 Å². The zero-order chi connectivity index (χ0) is 24.0. The number of ether oxygens (including phenoxy) is 1. The molecule has 0 spiro atoms. The van der Waals surface area contributed by atoms with Crippen molar-refractivity contribution < 1.29 is 19.4 Å². The van der Waals surface area contributed by atoms with E-state index < -0.39 is 18.1 Å². The lowest BCUT2D eigenvalue weighted by Gasteiger charge is -2.19. The van der Waals surface area contributed by atoms with Gasteiger partial charge in [0.05, 0.1) is 0 Å². The number of hydrogen-bond acceptors (Lipinski definition) is 7. The number of rotatable bonds is 8. The molecule has 3 aromatic rings. The van der Waals surface area contributed by atoms with Crippen LogP contribution in [-0.4, -0.2) is 59.2 Å². The van der Waals surface area contributed by atoms with E-state index in [4.69, 9.17) is 4.74 Å². The summed E-state index contributed by atoms with van der Waals surface area (Å²) in [6.45, 7) is 1.98. The van der Waals surface area contributed by atoms with Crippen LogP contribution in [0.5, 0.6) is 5.75 Å². The van der Waals surface area contributed by atoms with Crippen molar-refractivity contribution in [1.82, 2.24) is 14.9 Å². The van der Waals surface area contributed by atoms with Gasteiger partial charge in [0, 0.05) is 39.3 Å². The minimum Gasteiger partial charge on any atom is -0.480 e. The lowest BCUT2D eigenvalue weighted by Crippen LogP contribution is -2.32. The molecule has 0 radical (unpaired) electrons. The highest BCUT2D eigenvalue weighted by molar-refractivity contribution is 5.83. The Labute approximate surface area is 192 Å². The normalized spacial score (nSPS) is 11.4. The van der Waals surface area contributed by atoms with E-state index in [0.29, 0.717) is 23.1 Å². The molecule has 0 unspecified atom stereocenters. The summed E-state index contributed by atoms with van der Waals surface area (Å²) in [6.07, 6.45) is 1.39. The molecule has 172 valence electrons. The maximum absolute atomic E-state index is 12.1. The monoisotopic (exact) mass is 449 g/mol. The molecule has 0 aliphatic heterocycles. The first-order valence-corrected chi connectivity index (χ1v) is 10.4. The van der Waals surface area contributed by atoms with Crippen LogP contribution in [-0.2, 0) is 11.2 Å². The second-order valence-corrected chi connectivity index (χ2v) is 7.67. The molecule has 0 bridgehead atoms. The Balaban J connectivity index is 1.85. The van der Waals surface area contributed by atoms with Crippen LogP contribution in [0.15, 0.2) is 54.7 Å². The number of carbonyl (C=O) groups is 2. The SMILES string of the molecule is CNc1ncc(-c2ccccc2C)c(N[C@@H](Cc2ccc(OC(=O)N(C)C)cc2)C(=O)O)n1. The summed E-state index contributed by atoms with van der Waals surface area (Å²) in [4.78, 5) is 33.9. The average Bonchev–Trinajstić information content (AvgIpc) is 2.80. The van der Waals surface area contributed by atoms with E-state index in [9.17, 15) is 14.7 Å². The van der Waals surface area contributed by atoms with Gasteiger partial charge in [-0.1, -0.05) is 36.4 Å². The van der Waals surface area contributed by atoms with Crippen molar-refractivity contribution in [3.05, 3.63) is 65.9 Å². The van der Waals surface area contributed by atoms with Gasteiger partial charge in [-0.3, -0.25) is 0 Å². The van der Waals surface area contributed by atoms with Crippen LogP contribution in [0.1, 0.15) is 11.1 Å². The Hall–Kier alpha value is -4.14. The molecule has 3 N–H and O–H groups in total. The summed E-state index contributed by atoms with van der Waals surface area (Å²) < 4.78 is 5.21. The summed E-state index contributed by atoms with van der Waals surface area (Å²) in [5, 5.41) is 15.8. The number of aryl methyl sites for hydroxylation is 1. The van der Waals surface area contributed by atoms with Gasteiger partial charge in [0.2, 0.25) is 5.95 Å². The predicted molar refractivity (Wildman–Crippen MR) is 127 cm³/mol. The molecule has 9 nitrogen and oxygen atoms in total. The molecule has 0 fully saturated rings. The third-order valence-corrected chi connectivity index (χ3v) is 4.99. The highest BCUT2D eigenvalue weighted by Crippen LogP contribution is 2.30. The minimum atomic E-state index is -1.02. The number of carbonyl (C=O) groups excluding carboxylic acids is 1. The van der Waals surface area contributed by atoms with Crippen molar-refractivity contribution in [2.24, 2.45) is 0 Å². The Morgan fingerprint density at radius 1 is 1.09 bits per heavy atom. The predicted octanol–water partition coefficient (Wildman–Crippen LogP) is 3.66. The molecule has 1 aromatic heterocycles. The molecule has 1 heterocycles. The minimum absolute atomic E-state index is 0.198. The molecule has 0 saturated carbocycles. The van der Waals surface area contributed by atoms with Gasteiger partial charge in [-0.15, -0.1) is 0 Å². The Morgan fingerprint density at radius 2 is 1.79 bits per heavy atom. The topological polar surface area (TPSA) is 117 Å². The molecule has 1 atom stereocenters. The molecule has 0 saturated heterocycles. The number of benzene rings is 2. The van der Waals surface area contributed by atoms with Crippen molar-refractivity contribution in [3.8, 4) is 16.9 Å². The largest absolute Gasteiger partial charge is 0.480 e.